The maximum absolute atomic E-state index is 12.2. The van der Waals surface area contributed by atoms with Gasteiger partial charge in [0.15, 0.2) is 0 Å². The van der Waals surface area contributed by atoms with Crippen LogP contribution in [0.2, 0.25) is 0 Å². The molecule has 3 fully saturated rings. The van der Waals surface area contributed by atoms with Crippen LogP contribution in [0.3, 0.4) is 0 Å². The lowest BCUT2D eigenvalue weighted by molar-refractivity contribution is -0.127. The van der Waals surface area contributed by atoms with Crippen LogP contribution < -0.4 is 0 Å². The third-order valence-electron chi connectivity index (χ3n) is 8.80. The van der Waals surface area contributed by atoms with E-state index in [2.05, 4.69) is 19.9 Å². The van der Waals surface area contributed by atoms with Gasteiger partial charge < -0.3 is 4.55 Å². The highest BCUT2D eigenvalue weighted by molar-refractivity contribution is 7.80. The number of Topliss-reactive ketones (excluding diaryl/α,β-unsaturated/α-hetero) is 1. The molecule has 0 aromatic carbocycles. The van der Waals surface area contributed by atoms with Gasteiger partial charge in [0.2, 0.25) is 10.4 Å². The van der Waals surface area contributed by atoms with E-state index in [1.165, 1.54) is 5.57 Å². The van der Waals surface area contributed by atoms with Gasteiger partial charge in [-0.25, -0.2) is 8.42 Å². The number of ketones is 1. The van der Waals surface area contributed by atoms with Gasteiger partial charge in [0.05, 0.1) is 6.10 Å². The molecule has 27 heavy (non-hydrogen) atoms. The highest BCUT2D eigenvalue weighted by Crippen LogP contribution is 2.66. The number of carbonyl (C=O) groups excluding carboxylic acids is 1. The fourth-order valence-electron chi connectivity index (χ4n) is 7.54. The van der Waals surface area contributed by atoms with Crippen molar-refractivity contribution in [2.75, 3.05) is 0 Å². The first-order valence-corrected chi connectivity index (χ1v) is 11.7. The Morgan fingerprint density at radius 3 is 2.56 bits per heavy atom. The van der Waals surface area contributed by atoms with Crippen molar-refractivity contribution in [2.45, 2.75) is 78.2 Å². The molecule has 0 bridgehead atoms. The Morgan fingerprint density at radius 1 is 1.15 bits per heavy atom. The second-order valence-electron chi connectivity index (χ2n) is 9.91. The molecule has 0 spiro atoms. The van der Waals surface area contributed by atoms with Crippen LogP contribution in [0.4, 0.5) is 0 Å². The van der Waals surface area contributed by atoms with E-state index in [1.807, 2.05) is 0 Å². The van der Waals surface area contributed by atoms with E-state index < -0.39 is 16.5 Å². The predicted molar refractivity (Wildman–Crippen MR) is 100 cm³/mol. The van der Waals surface area contributed by atoms with E-state index in [0.717, 1.165) is 38.5 Å². The Hall–Kier alpha value is -0.720. The minimum Gasteiger partial charge on any atom is -0.726 e. The normalized spacial score (nSPS) is 46.8. The van der Waals surface area contributed by atoms with Crippen LogP contribution in [0, 0.1) is 34.5 Å². The number of carbonyl (C=O) groups is 1. The molecule has 5 nitrogen and oxygen atoms in total. The second kappa shape index (κ2) is 6.39. The number of allylic oxidation sites excluding steroid dienone is 1. The molecule has 152 valence electrons. The molecule has 4 aliphatic rings. The van der Waals surface area contributed by atoms with Crippen LogP contribution in [0.1, 0.15) is 72.1 Å². The first-order chi connectivity index (χ1) is 12.5. The third kappa shape index (κ3) is 3.12. The minimum absolute atomic E-state index is 0.0745. The molecule has 7 atom stereocenters. The largest absolute Gasteiger partial charge is 0.726 e. The lowest BCUT2D eigenvalue weighted by Gasteiger charge is -2.58. The average Bonchev–Trinajstić information content (AvgIpc) is 2.91. The van der Waals surface area contributed by atoms with Gasteiger partial charge in [-0.05, 0) is 86.9 Å². The van der Waals surface area contributed by atoms with Gasteiger partial charge in [0.25, 0.3) is 0 Å². The summed E-state index contributed by atoms with van der Waals surface area (Å²) in [6.07, 6.45) is 9.30. The van der Waals surface area contributed by atoms with Gasteiger partial charge in [-0.3, -0.25) is 8.98 Å². The summed E-state index contributed by atoms with van der Waals surface area (Å²) in [5.41, 5.74) is 1.50. The topological polar surface area (TPSA) is 83.5 Å². The average molecular weight is 396 g/mol. The number of fused-ring (bicyclic) bond motifs is 5. The summed E-state index contributed by atoms with van der Waals surface area (Å²) in [6, 6.07) is 0. The molecule has 4 rings (SSSR count). The molecule has 0 aliphatic heterocycles. The fourth-order valence-corrected chi connectivity index (χ4v) is 8.04. The Kier molecular flexibility index (Phi) is 4.64. The lowest BCUT2D eigenvalue weighted by Crippen LogP contribution is -2.51. The quantitative estimate of drug-likeness (QED) is 0.410. The summed E-state index contributed by atoms with van der Waals surface area (Å²) in [5, 5.41) is 0. The van der Waals surface area contributed by atoms with E-state index >= 15 is 0 Å². The number of hydrogen-bond acceptors (Lipinski definition) is 5. The Balaban J connectivity index is 1.58. The molecule has 0 aromatic heterocycles. The fraction of sp³-hybridized carbons (Fsp3) is 0.857. The van der Waals surface area contributed by atoms with Crippen molar-refractivity contribution >= 4 is 16.2 Å². The van der Waals surface area contributed by atoms with Gasteiger partial charge in [-0.15, -0.1) is 0 Å². The highest BCUT2D eigenvalue weighted by Gasteiger charge is 2.59. The molecular weight excluding hydrogens is 364 g/mol. The van der Waals surface area contributed by atoms with Gasteiger partial charge in [-0.1, -0.05) is 25.5 Å². The third-order valence-corrected chi connectivity index (χ3v) is 9.31. The van der Waals surface area contributed by atoms with Gasteiger partial charge >= 0.3 is 0 Å². The van der Waals surface area contributed by atoms with Gasteiger partial charge in [0.1, 0.15) is 5.78 Å². The second-order valence-corrected chi connectivity index (χ2v) is 10.9. The molecule has 4 aliphatic carbocycles. The number of rotatable bonds is 3. The summed E-state index contributed by atoms with van der Waals surface area (Å²) in [7, 11) is -4.65. The van der Waals surface area contributed by atoms with Crippen LogP contribution in [0.25, 0.3) is 0 Å². The Morgan fingerprint density at radius 2 is 1.89 bits per heavy atom. The van der Waals surface area contributed by atoms with E-state index in [4.69, 9.17) is 4.18 Å². The van der Waals surface area contributed by atoms with Gasteiger partial charge in [-0.2, -0.15) is 0 Å². The Bertz CT molecular complexity index is 771. The first-order valence-electron chi connectivity index (χ1n) is 10.4. The van der Waals surface area contributed by atoms with Crippen LogP contribution in [0.5, 0.6) is 0 Å². The van der Waals surface area contributed by atoms with Crippen molar-refractivity contribution in [3.05, 3.63) is 11.6 Å². The Labute approximate surface area is 162 Å². The van der Waals surface area contributed by atoms with Crippen molar-refractivity contribution < 1.29 is 21.9 Å². The SMILES string of the molecule is CC(=O)C1CCC2C3CC=C4CC(OS(=O)(=O)[O-])CCC4(C)C3CCC12C. The maximum atomic E-state index is 12.2. The van der Waals surface area contributed by atoms with Crippen molar-refractivity contribution in [3.63, 3.8) is 0 Å². The zero-order valence-corrected chi connectivity index (χ0v) is 17.4. The molecule has 7 unspecified atom stereocenters. The molecule has 0 radical (unpaired) electrons. The van der Waals surface area contributed by atoms with Crippen molar-refractivity contribution in [3.8, 4) is 0 Å². The zero-order chi connectivity index (χ0) is 19.6. The van der Waals surface area contributed by atoms with E-state index in [-0.39, 0.29) is 16.7 Å². The molecule has 0 N–H and O–H groups in total. The van der Waals surface area contributed by atoms with E-state index in [1.54, 1.807) is 6.92 Å². The molecule has 0 saturated heterocycles. The molecule has 6 heteroatoms. The van der Waals surface area contributed by atoms with E-state index in [9.17, 15) is 17.8 Å². The maximum Gasteiger partial charge on any atom is 0.217 e. The van der Waals surface area contributed by atoms with Crippen LogP contribution in [0.15, 0.2) is 11.6 Å². The molecular formula is C21H31O5S-. The summed E-state index contributed by atoms with van der Waals surface area (Å²) in [4.78, 5) is 12.2. The van der Waals surface area contributed by atoms with Crippen molar-refractivity contribution in [1.82, 2.24) is 0 Å². The van der Waals surface area contributed by atoms with Gasteiger partial charge in [0, 0.05) is 5.92 Å². The summed E-state index contributed by atoms with van der Waals surface area (Å²) >= 11 is 0. The van der Waals surface area contributed by atoms with Crippen molar-refractivity contribution in [2.24, 2.45) is 34.5 Å². The first kappa shape index (κ1) is 19.6. The number of hydrogen-bond donors (Lipinski definition) is 0. The lowest BCUT2D eigenvalue weighted by atomic mass is 9.47. The summed E-state index contributed by atoms with van der Waals surface area (Å²) in [6.45, 7) is 6.44. The minimum atomic E-state index is -4.65. The molecule has 3 saturated carbocycles. The summed E-state index contributed by atoms with van der Waals surface area (Å²) in [5.74, 6) is 2.38. The van der Waals surface area contributed by atoms with Crippen LogP contribution >= 0.6 is 0 Å². The molecule has 0 amide bonds. The van der Waals surface area contributed by atoms with Crippen molar-refractivity contribution in [1.29, 1.82) is 0 Å². The van der Waals surface area contributed by atoms with E-state index in [0.29, 0.717) is 36.4 Å². The van der Waals surface area contributed by atoms with Crippen LogP contribution in [-0.4, -0.2) is 24.9 Å². The molecule has 0 heterocycles. The van der Waals surface area contributed by atoms with Crippen LogP contribution in [-0.2, 0) is 19.4 Å². The summed E-state index contributed by atoms with van der Waals surface area (Å²) < 4.78 is 37.7. The predicted octanol–water partition coefficient (Wildman–Crippen LogP) is 4.00. The smallest absolute Gasteiger partial charge is 0.217 e. The highest BCUT2D eigenvalue weighted by atomic mass is 32.3. The zero-order valence-electron chi connectivity index (χ0n) is 16.6. The monoisotopic (exact) mass is 395 g/mol. The standard InChI is InChI=1S/C21H32O5S/c1-13(22)17-6-7-18-16-5-4-14-12-15(26-27(23,24)25)8-10-20(14,2)19(16)9-11-21(17,18)3/h4,15-19H,5-12H2,1-3H3,(H,23,24,25)/p-1. The molecule has 0 aromatic rings.